The van der Waals surface area contributed by atoms with Crippen LogP contribution in [-0.4, -0.2) is 26.2 Å². The molecule has 1 aromatic carbocycles. The summed E-state index contributed by atoms with van der Waals surface area (Å²) in [6, 6.07) is 8.85. The van der Waals surface area contributed by atoms with Crippen LogP contribution in [0.5, 0.6) is 0 Å². The van der Waals surface area contributed by atoms with Crippen LogP contribution in [0, 0.1) is 16.7 Å². The first-order valence-corrected chi connectivity index (χ1v) is 7.93. The maximum atomic E-state index is 11.7. The maximum absolute atomic E-state index is 11.7. The fourth-order valence-corrected chi connectivity index (χ4v) is 4.42. The molecule has 94 valence electrons. The molecule has 0 amide bonds. The molecule has 1 aliphatic rings. The molecular formula is C12H10BrNO3S. The highest BCUT2D eigenvalue weighted by Gasteiger charge is 2.71. The van der Waals surface area contributed by atoms with Crippen LogP contribution in [0.1, 0.15) is 11.5 Å². The molecule has 0 aromatic heterocycles. The van der Waals surface area contributed by atoms with Gasteiger partial charge in [0.1, 0.15) is 11.7 Å². The van der Waals surface area contributed by atoms with Gasteiger partial charge in [0.25, 0.3) is 0 Å². The first-order valence-electron chi connectivity index (χ1n) is 5.18. The molecule has 0 spiro atoms. The predicted octanol–water partition coefficient (Wildman–Crippen LogP) is 1.67. The number of hydrogen-bond acceptors (Lipinski definition) is 4. The van der Waals surface area contributed by atoms with Crippen molar-refractivity contribution in [3.8, 4) is 6.07 Å². The van der Waals surface area contributed by atoms with E-state index in [1.54, 1.807) is 24.3 Å². The third kappa shape index (κ3) is 1.88. The number of carbonyl (C=O) groups is 1. The normalized spacial score (nSPS) is 30.5. The molecule has 0 unspecified atom stereocenters. The zero-order chi connectivity index (χ0) is 13.6. The van der Waals surface area contributed by atoms with Crippen molar-refractivity contribution in [2.45, 2.75) is 11.2 Å². The van der Waals surface area contributed by atoms with Gasteiger partial charge in [-0.25, -0.2) is 8.42 Å². The van der Waals surface area contributed by atoms with Gasteiger partial charge < -0.3 is 4.79 Å². The number of aldehydes is 1. The Morgan fingerprint density at radius 2 is 1.94 bits per heavy atom. The Labute approximate surface area is 114 Å². The van der Waals surface area contributed by atoms with Gasteiger partial charge in [-0.15, -0.1) is 0 Å². The van der Waals surface area contributed by atoms with Gasteiger partial charge in [-0.1, -0.05) is 28.1 Å². The largest absolute Gasteiger partial charge is 0.302 e. The summed E-state index contributed by atoms with van der Waals surface area (Å²) in [5, 5.41) is 8.19. The Morgan fingerprint density at radius 3 is 2.28 bits per heavy atom. The second-order valence-electron chi connectivity index (χ2n) is 4.44. The van der Waals surface area contributed by atoms with E-state index in [9.17, 15) is 13.2 Å². The zero-order valence-corrected chi connectivity index (χ0v) is 11.9. The molecule has 4 nitrogen and oxygen atoms in total. The van der Waals surface area contributed by atoms with E-state index >= 15 is 0 Å². The van der Waals surface area contributed by atoms with E-state index in [1.807, 2.05) is 6.07 Å². The average molecular weight is 328 g/mol. The number of carbonyl (C=O) groups excluding carboxylic acids is 1. The lowest BCUT2D eigenvalue weighted by molar-refractivity contribution is -0.110. The van der Waals surface area contributed by atoms with Crippen molar-refractivity contribution in [1.29, 1.82) is 5.26 Å². The van der Waals surface area contributed by atoms with Crippen molar-refractivity contribution in [2.24, 2.45) is 5.41 Å². The molecule has 18 heavy (non-hydrogen) atoms. The van der Waals surface area contributed by atoms with E-state index in [1.165, 1.54) is 0 Å². The Balaban J connectivity index is 2.49. The van der Waals surface area contributed by atoms with E-state index in [-0.39, 0.29) is 0 Å². The van der Waals surface area contributed by atoms with E-state index in [0.29, 0.717) is 11.8 Å². The Bertz CT molecular complexity index is 632. The van der Waals surface area contributed by atoms with Crippen LogP contribution < -0.4 is 0 Å². The van der Waals surface area contributed by atoms with Crippen LogP contribution >= 0.6 is 15.9 Å². The van der Waals surface area contributed by atoms with Crippen molar-refractivity contribution in [3.63, 3.8) is 0 Å². The number of nitriles is 1. The molecule has 6 heteroatoms. The summed E-state index contributed by atoms with van der Waals surface area (Å²) in [6.07, 6.45) is 1.53. The standard InChI is InChI=1S/C12H10BrNO3S/c1-18(16,17)11-10(12(11,6-14)7-15)8-2-4-9(13)5-3-8/h2-5,7,10-11H,1H3/t10-,11-,12+/m0/s1. The molecule has 3 atom stereocenters. The Kier molecular flexibility index (Phi) is 3.07. The molecule has 0 heterocycles. The predicted molar refractivity (Wildman–Crippen MR) is 69.6 cm³/mol. The zero-order valence-electron chi connectivity index (χ0n) is 9.50. The van der Waals surface area contributed by atoms with Crippen LogP contribution in [0.4, 0.5) is 0 Å². The number of hydrogen-bond donors (Lipinski definition) is 0. The van der Waals surface area contributed by atoms with Crippen LogP contribution in [0.25, 0.3) is 0 Å². The third-order valence-electron chi connectivity index (χ3n) is 3.26. The molecule has 1 saturated carbocycles. The SMILES string of the molecule is CS(=O)(=O)[C@H]1[C@H](c2ccc(Br)cc2)[C@@]1(C#N)C=O. The Morgan fingerprint density at radius 1 is 1.39 bits per heavy atom. The summed E-state index contributed by atoms with van der Waals surface area (Å²) in [6.45, 7) is 0. The van der Waals surface area contributed by atoms with Gasteiger partial charge in [-0.3, -0.25) is 0 Å². The highest BCUT2D eigenvalue weighted by atomic mass is 79.9. The van der Waals surface area contributed by atoms with E-state index < -0.39 is 26.4 Å². The second kappa shape index (κ2) is 4.18. The van der Waals surface area contributed by atoms with E-state index in [2.05, 4.69) is 15.9 Å². The van der Waals surface area contributed by atoms with Crippen LogP contribution in [0.3, 0.4) is 0 Å². The van der Waals surface area contributed by atoms with Gasteiger partial charge in [0, 0.05) is 16.6 Å². The number of sulfone groups is 1. The minimum absolute atomic E-state index is 0.464. The quantitative estimate of drug-likeness (QED) is 0.791. The molecule has 1 aliphatic carbocycles. The minimum Gasteiger partial charge on any atom is -0.302 e. The summed E-state index contributed by atoms with van der Waals surface area (Å²) in [5.74, 6) is -0.567. The molecule has 0 saturated heterocycles. The number of rotatable bonds is 3. The first kappa shape index (κ1) is 13.2. The van der Waals surface area contributed by atoms with Crippen LogP contribution in [0.15, 0.2) is 28.7 Å². The third-order valence-corrected chi connectivity index (χ3v) is 5.37. The summed E-state index contributed by atoms with van der Waals surface area (Å²) in [4.78, 5) is 11.1. The monoisotopic (exact) mass is 327 g/mol. The second-order valence-corrected chi connectivity index (χ2v) is 7.52. The van der Waals surface area contributed by atoms with Gasteiger partial charge in [0.15, 0.2) is 9.84 Å². The highest BCUT2D eigenvalue weighted by Crippen LogP contribution is 2.61. The molecule has 1 aromatic rings. The van der Waals surface area contributed by atoms with Crippen LogP contribution in [-0.2, 0) is 14.6 Å². The lowest BCUT2D eigenvalue weighted by atomic mass is 10.0. The van der Waals surface area contributed by atoms with Crippen molar-refractivity contribution in [2.75, 3.05) is 6.26 Å². The minimum atomic E-state index is -3.43. The highest BCUT2D eigenvalue weighted by molar-refractivity contribution is 9.10. The molecule has 0 radical (unpaired) electrons. The van der Waals surface area contributed by atoms with Crippen molar-refractivity contribution < 1.29 is 13.2 Å². The Hall–Kier alpha value is -1.19. The number of halogens is 1. The van der Waals surface area contributed by atoms with Gasteiger partial charge in [0.2, 0.25) is 0 Å². The number of benzene rings is 1. The van der Waals surface area contributed by atoms with Crippen LogP contribution in [0.2, 0.25) is 0 Å². The first-order chi connectivity index (χ1) is 8.36. The van der Waals surface area contributed by atoms with Gasteiger partial charge in [0.05, 0.1) is 11.3 Å². The molecule has 0 bridgehead atoms. The lowest BCUT2D eigenvalue weighted by Crippen LogP contribution is -2.14. The van der Waals surface area contributed by atoms with Gasteiger partial charge >= 0.3 is 0 Å². The maximum Gasteiger partial charge on any atom is 0.153 e. The average Bonchev–Trinajstić information content (AvgIpc) is 3.00. The molecule has 2 rings (SSSR count). The summed E-state index contributed by atoms with van der Waals surface area (Å²) >= 11 is 3.28. The molecule has 0 aliphatic heterocycles. The van der Waals surface area contributed by atoms with Crippen molar-refractivity contribution in [3.05, 3.63) is 34.3 Å². The molecule has 1 fully saturated rings. The smallest absolute Gasteiger partial charge is 0.153 e. The summed E-state index contributed by atoms with van der Waals surface area (Å²) in [7, 11) is -3.43. The van der Waals surface area contributed by atoms with Crippen molar-refractivity contribution >= 4 is 32.1 Å². The van der Waals surface area contributed by atoms with Gasteiger partial charge in [-0.2, -0.15) is 5.26 Å². The summed E-state index contributed by atoms with van der Waals surface area (Å²) in [5.41, 5.74) is -0.733. The fraction of sp³-hybridized carbons (Fsp3) is 0.333. The number of nitrogens with zero attached hydrogens (tertiary/aromatic N) is 1. The molecule has 0 N–H and O–H groups in total. The topological polar surface area (TPSA) is 75.0 Å². The summed E-state index contributed by atoms with van der Waals surface area (Å²) < 4.78 is 24.2. The van der Waals surface area contributed by atoms with Gasteiger partial charge in [-0.05, 0) is 17.7 Å². The fourth-order valence-electron chi connectivity index (χ4n) is 2.40. The van der Waals surface area contributed by atoms with E-state index in [4.69, 9.17) is 5.26 Å². The lowest BCUT2D eigenvalue weighted by Gasteiger charge is -1.99. The molecular weight excluding hydrogens is 318 g/mol. The van der Waals surface area contributed by atoms with Crippen molar-refractivity contribution in [1.82, 2.24) is 0 Å². The van der Waals surface area contributed by atoms with E-state index in [0.717, 1.165) is 10.7 Å².